The summed E-state index contributed by atoms with van der Waals surface area (Å²) in [6.07, 6.45) is 4.98. The van der Waals surface area contributed by atoms with Crippen LogP contribution in [0.3, 0.4) is 0 Å². The van der Waals surface area contributed by atoms with Crippen molar-refractivity contribution in [1.29, 1.82) is 0 Å². The van der Waals surface area contributed by atoms with Crippen LogP contribution in [0.15, 0.2) is 34.9 Å². The predicted octanol–water partition coefficient (Wildman–Crippen LogP) is 1.88. The van der Waals surface area contributed by atoms with Gasteiger partial charge in [-0.25, -0.2) is 0 Å². The van der Waals surface area contributed by atoms with Crippen molar-refractivity contribution in [2.75, 3.05) is 33.7 Å². The lowest BCUT2D eigenvalue weighted by Crippen LogP contribution is -2.39. The quantitative estimate of drug-likeness (QED) is 0.565. The van der Waals surface area contributed by atoms with Crippen molar-refractivity contribution >= 4 is 17.3 Å². The molecule has 1 atom stereocenters. The third kappa shape index (κ3) is 5.65. The standard InChI is InChI=1S/C17H28N6S/c1-5-18-17(19-9-8-15-7-6-10-24-15)20-12-16(22(2)3)14-11-21-23(4)13-14/h6-7,10-11,13,16H,5,8-9,12H2,1-4H3,(H2,18,19,20). The van der Waals surface area contributed by atoms with E-state index in [1.807, 2.05) is 17.9 Å². The summed E-state index contributed by atoms with van der Waals surface area (Å²) in [6, 6.07) is 4.47. The van der Waals surface area contributed by atoms with Gasteiger partial charge in [-0.05, 0) is 38.9 Å². The van der Waals surface area contributed by atoms with Crippen LogP contribution in [-0.2, 0) is 13.5 Å². The van der Waals surface area contributed by atoms with Gasteiger partial charge in [0.25, 0.3) is 0 Å². The van der Waals surface area contributed by atoms with Gasteiger partial charge in [-0.3, -0.25) is 9.67 Å². The van der Waals surface area contributed by atoms with Gasteiger partial charge in [0.2, 0.25) is 0 Å². The Morgan fingerprint density at radius 2 is 2.25 bits per heavy atom. The average Bonchev–Trinajstić information content (AvgIpc) is 3.19. The SMILES string of the molecule is CCNC(=NCC(c1cnn(C)c1)N(C)C)NCCc1cccs1. The lowest BCUT2D eigenvalue weighted by molar-refractivity contribution is 0.306. The molecule has 0 bridgehead atoms. The normalized spacial score (nSPS) is 13.3. The summed E-state index contributed by atoms with van der Waals surface area (Å²) in [7, 11) is 6.09. The minimum atomic E-state index is 0.214. The largest absolute Gasteiger partial charge is 0.357 e. The molecule has 7 heteroatoms. The number of guanidine groups is 1. The fourth-order valence-electron chi connectivity index (χ4n) is 2.46. The number of likely N-dealkylation sites (N-methyl/N-ethyl adjacent to an activating group) is 1. The smallest absolute Gasteiger partial charge is 0.191 e. The molecule has 0 amide bonds. The number of hydrogen-bond donors (Lipinski definition) is 2. The molecule has 0 saturated carbocycles. The monoisotopic (exact) mass is 348 g/mol. The molecule has 6 nitrogen and oxygen atoms in total. The Labute approximate surface area is 148 Å². The highest BCUT2D eigenvalue weighted by molar-refractivity contribution is 7.09. The van der Waals surface area contributed by atoms with Crippen LogP contribution < -0.4 is 10.6 Å². The molecule has 0 aliphatic rings. The van der Waals surface area contributed by atoms with Gasteiger partial charge in [-0.1, -0.05) is 6.07 Å². The highest BCUT2D eigenvalue weighted by Gasteiger charge is 2.15. The Kier molecular flexibility index (Phi) is 7.27. The van der Waals surface area contributed by atoms with E-state index >= 15 is 0 Å². The van der Waals surface area contributed by atoms with Gasteiger partial charge in [-0.15, -0.1) is 11.3 Å². The number of nitrogens with zero attached hydrogens (tertiary/aromatic N) is 4. The zero-order chi connectivity index (χ0) is 17.4. The van der Waals surface area contributed by atoms with E-state index in [4.69, 9.17) is 4.99 Å². The molecule has 0 aliphatic carbocycles. The van der Waals surface area contributed by atoms with Gasteiger partial charge in [0.15, 0.2) is 5.96 Å². The average molecular weight is 349 g/mol. The van der Waals surface area contributed by atoms with E-state index in [1.165, 1.54) is 10.4 Å². The fourth-order valence-corrected chi connectivity index (χ4v) is 3.17. The van der Waals surface area contributed by atoms with Gasteiger partial charge < -0.3 is 15.5 Å². The van der Waals surface area contributed by atoms with E-state index in [-0.39, 0.29) is 6.04 Å². The van der Waals surface area contributed by atoms with Gasteiger partial charge in [0.05, 0.1) is 18.8 Å². The second-order valence-electron chi connectivity index (χ2n) is 5.90. The fraction of sp³-hybridized carbons (Fsp3) is 0.529. The van der Waals surface area contributed by atoms with Crippen molar-refractivity contribution in [3.8, 4) is 0 Å². The Morgan fingerprint density at radius 1 is 1.42 bits per heavy atom. The van der Waals surface area contributed by atoms with Crippen LogP contribution >= 0.6 is 11.3 Å². The molecule has 1 unspecified atom stereocenters. The van der Waals surface area contributed by atoms with Crippen molar-refractivity contribution in [3.05, 3.63) is 40.3 Å². The third-order valence-electron chi connectivity index (χ3n) is 3.74. The van der Waals surface area contributed by atoms with E-state index in [0.717, 1.165) is 25.5 Å². The van der Waals surface area contributed by atoms with Crippen molar-refractivity contribution < 1.29 is 0 Å². The van der Waals surface area contributed by atoms with Gasteiger partial charge >= 0.3 is 0 Å². The van der Waals surface area contributed by atoms with Crippen LogP contribution in [0, 0.1) is 0 Å². The first-order valence-electron chi connectivity index (χ1n) is 8.29. The molecule has 2 rings (SSSR count). The molecular weight excluding hydrogens is 320 g/mol. The van der Waals surface area contributed by atoms with Crippen LogP contribution in [-0.4, -0.2) is 54.4 Å². The van der Waals surface area contributed by atoms with Gasteiger partial charge in [0, 0.05) is 36.8 Å². The lowest BCUT2D eigenvalue weighted by atomic mass is 10.1. The van der Waals surface area contributed by atoms with Crippen LogP contribution in [0.5, 0.6) is 0 Å². The van der Waals surface area contributed by atoms with Crippen molar-refractivity contribution in [2.24, 2.45) is 12.0 Å². The van der Waals surface area contributed by atoms with E-state index in [1.54, 1.807) is 11.3 Å². The van der Waals surface area contributed by atoms with Crippen LogP contribution in [0.4, 0.5) is 0 Å². The van der Waals surface area contributed by atoms with Gasteiger partial charge in [0.1, 0.15) is 0 Å². The number of thiophene rings is 1. The van der Waals surface area contributed by atoms with Crippen molar-refractivity contribution in [2.45, 2.75) is 19.4 Å². The number of aliphatic imine (C=N–C) groups is 1. The Morgan fingerprint density at radius 3 is 2.83 bits per heavy atom. The van der Waals surface area contributed by atoms with Crippen LogP contribution in [0.25, 0.3) is 0 Å². The molecule has 0 aliphatic heterocycles. The summed E-state index contributed by atoms with van der Waals surface area (Å²) in [6.45, 7) is 4.50. The second-order valence-corrected chi connectivity index (χ2v) is 6.93. The number of aryl methyl sites for hydroxylation is 1. The molecule has 2 aromatic rings. The summed E-state index contributed by atoms with van der Waals surface area (Å²) in [5.41, 5.74) is 1.18. The Bertz CT molecular complexity index is 617. The molecule has 2 N–H and O–H groups in total. The highest BCUT2D eigenvalue weighted by Crippen LogP contribution is 2.17. The minimum absolute atomic E-state index is 0.214. The molecule has 0 fully saturated rings. The molecule has 0 spiro atoms. The first-order valence-corrected chi connectivity index (χ1v) is 9.17. The predicted molar refractivity (Wildman–Crippen MR) is 102 cm³/mol. The summed E-state index contributed by atoms with van der Waals surface area (Å²) in [4.78, 5) is 8.32. The molecule has 2 heterocycles. The van der Waals surface area contributed by atoms with Crippen molar-refractivity contribution in [3.63, 3.8) is 0 Å². The van der Waals surface area contributed by atoms with Crippen molar-refractivity contribution in [1.82, 2.24) is 25.3 Å². The molecular formula is C17H28N6S. The molecule has 132 valence electrons. The molecule has 0 saturated heterocycles. The summed E-state index contributed by atoms with van der Waals surface area (Å²) in [5.74, 6) is 0.866. The number of rotatable bonds is 8. The van der Waals surface area contributed by atoms with E-state index in [0.29, 0.717) is 6.54 Å². The zero-order valence-corrected chi connectivity index (χ0v) is 15.8. The van der Waals surface area contributed by atoms with E-state index in [9.17, 15) is 0 Å². The molecule has 24 heavy (non-hydrogen) atoms. The Balaban J connectivity index is 1.94. The topological polar surface area (TPSA) is 57.5 Å². The Hall–Kier alpha value is -1.86. The van der Waals surface area contributed by atoms with E-state index < -0.39 is 0 Å². The number of aromatic nitrogens is 2. The van der Waals surface area contributed by atoms with Crippen LogP contribution in [0.2, 0.25) is 0 Å². The summed E-state index contributed by atoms with van der Waals surface area (Å²) < 4.78 is 1.83. The zero-order valence-electron chi connectivity index (χ0n) is 15.0. The minimum Gasteiger partial charge on any atom is -0.357 e. The molecule has 0 radical (unpaired) electrons. The first kappa shape index (κ1) is 18.5. The highest BCUT2D eigenvalue weighted by atomic mass is 32.1. The second kappa shape index (κ2) is 9.44. The van der Waals surface area contributed by atoms with Gasteiger partial charge in [-0.2, -0.15) is 5.10 Å². The number of hydrogen-bond acceptors (Lipinski definition) is 4. The molecule has 2 aromatic heterocycles. The maximum absolute atomic E-state index is 4.76. The molecule has 0 aromatic carbocycles. The van der Waals surface area contributed by atoms with E-state index in [2.05, 4.69) is 65.4 Å². The first-order chi connectivity index (χ1) is 11.6. The number of nitrogens with one attached hydrogen (secondary N) is 2. The maximum Gasteiger partial charge on any atom is 0.191 e. The van der Waals surface area contributed by atoms with Crippen LogP contribution in [0.1, 0.15) is 23.4 Å². The summed E-state index contributed by atoms with van der Waals surface area (Å²) in [5, 5.41) is 13.1. The summed E-state index contributed by atoms with van der Waals surface area (Å²) >= 11 is 1.79. The lowest BCUT2D eigenvalue weighted by Gasteiger charge is -2.22. The third-order valence-corrected chi connectivity index (χ3v) is 4.68. The maximum atomic E-state index is 4.76.